The SMILES string of the molecule is C=C(NNC(=O)c1cccc(C)c1)c1ccc(OC)cc1OC. The van der Waals surface area contributed by atoms with Crippen molar-refractivity contribution in [3.05, 3.63) is 65.7 Å². The van der Waals surface area contributed by atoms with Crippen LogP contribution in [0.25, 0.3) is 5.70 Å². The normalized spacial score (nSPS) is 9.87. The van der Waals surface area contributed by atoms with Gasteiger partial charge in [0.1, 0.15) is 11.5 Å². The third kappa shape index (κ3) is 4.03. The van der Waals surface area contributed by atoms with Crippen molar-refractivity contribution in [1.29, 1.82) is 0 Å². The van der Waals surface area contributed by atoms with Crippen molar-refractivity contribution in [2.45, 2.75) is 6.92 Å². The molecule has 0 aliphatic carbocycles. The van der Waals surface area contributed by atoms with Gasteiger partial charge in [0.2, 0.25) is 0 Å². The lowest BCUT2D eigenvalue weighted by Crippen LogP contribution is -2.35. The Hall–Kier alpha value is -2.95. The van der Waals surface area contributed by atoms with E-state index in [-0.39, 0.29) is 5.91 Å². The molecular formula is C18H20N2O3. The van der Waals surface area contributed by atoms with E-state index >= 15 is 0 Å². The molecule has 0 saturated heterocycles. The lowest BCUT2D eigenvalue weighted by molar-refractivity contribution is 0.0942. The summed E-state index contributed by atoms with van der Waals surface area (Å²) in [6.07, 6.45) is 0. The number of nitrogens with one attached hydrogen (secondary N) is 2. The number of benzene rings is 2. The third-order valence-electron chi connectivity index (χ3n) is 3.34. The summed E-state index contributed by atoms with van der Waals surface area (Å²) in [5, 5.41) is 0. The number of hydrogen-bond acceptors (Lipinski definition) is 4. The first kappa shape index (κ1) is 16.4. The van der Waals surface area contributed by atoms with Crippen molar-refractivity contribution in [3.63, 3.8) is 0 Å². The van der Waals surface area contributed by atoms with Crippen LogP contribution < -0.4 is 20.3 Å². The topological polar surface area (TPSA) is 59.6 Å². The standard InChI is InChI=1S/C18H20N2O3/c1-12-6-5-7-14(10-12)18(21)20-19-13(2)16-9-8-15(22-3)11-17(16)23-4/h5-11,19H,2H2,1,3-4H3,(H,20,21). The molecule has 0 atom stereocenters. The molecule has 0 aliphatic rings. The summed E-state index contributed by atoms with van der Waals surface area (Å²) in [5.41, 5.74) is 8.29. The molecule has 2 aromatic carbocycles. The Bertz CT molecular complexity index is 726. The minimum absolute atomic E-state index is 0.234. The minimum atomic E-state index is -0.234. The molecule has 0 radical (unpaired) electrons. The predicted molar refractivity (Wildman–Crippen MR) is 90.4 cm³/mol. The fourth-order valence-electron chi connectivity index (χ4n) is 2.11. The average Bonchev–Trinajstić information content (AvgIpc) is 2.58. The van der Waals surface area contributed by atoms with Gasteiger partial charge in [0, 0.05) is 17.2 Å². The Morgan fingerprint density at radius 3 is 2.48 bits per heavy atom. The summed E-state index contributed by atoms with van der Waals surface area (Å²) >= 11 is 0. The van der Waals surface area contributed by atoms with Crippen LogP contribution in [-0.2, 0) is 0 Å². The fourth-order valence-corrected chi connectivity index (χ4v) is 2.11. The van der Waals surface area contributed by atoms with Gasteiger partial charge in [0.25, 0.3) is 5.91 Å². The summed E-state index contributed by atoms with van der Waals surface area (Å²) in [7, 11) is 3.15. The van der Waals surface area contributed by atoms with Gasteiger partial charge in [-0.15, -0.1) is 0 Å². The Kier molecular flexibility index (Phi) is 5.25. The van der Waals surface area contributed by atoms with E-state index in [1.54, 1.807) is 32.4 Å². The second kappa shape index (κ2) is 7.35. The molecule has 1 amide bonds. The number of hydrogen-bond donors (Lipinski definition) is 2. The summed E-state index contributed by atoms with van der Waals surface area (Å²) in [6, 6.07) is 12.7. The zero-order valence-electron chi connectivity index (χ0n) is 13.5. The first-order valence-electron chi connectivity index (χ1n) is 7.09. The molecule has 0 fully saturated rings. The van der Waals surface area contributed by atoms with Crippen LogP contribution in [-0.4, -0.2) is 20.1 Å². The van der Waals surface area contributed by atoms with Crippen molar-refractivity contribution in [3.8, 4) is 11.5 Å². The number of aryl methyl sites for hydroxylation is 1. The van der Waals surface area contributed by atoms with Crippen molar-refractivity contribution < 1.29 is 14.3 Å². The molecule has 5 heteroatoms. The fraction of sp³-hybridized carbons (Fsp3) is 0.167. The molecule has 0 heterocycles. The smallest absolute Gasteiger partial charge is 0.269 e. The van der Waals surface area contributed by atoms with E-state index in [9.17, 15) is 4.79 Å². The first-order chi connectivity index (χ1) is 11.0. The summed E-state index contributed by atoms with van der Waals surface area (Å²) in [4.78, 5) is 12.1. The van der Waals surface area contributed by atoms with Gasteiger partial charge in [-0.25, -0.2) is 0 Å². The summed E-state index contributed by atoms with van der Waals surface area (Å²) in [6.45, 7) is 5.86. The van der Waals surface area contributed by atoms with Crippen LogP contribution in [0.5, 0.6) is 11.5 Å². The Morgan fingerprint density at radius 1 is 1.04 bits per heavy atom. The number of carbonyl (C=O) groups is 1. The Labute approximate surface area is 135 Å². The van der Waals surface area contributed by atoms with E-state index in [2.05, 4.69) is 17.4 Å². The maximum absolute atomic E-state index is 12.1. The van der Waals surface area contributed by atoms with Gasteiger partial charge in [-0.05, 0) is 31.2 Å². The summed E-state index contributed by atoms with van der Waals surface area (Å²) < 4.78 is 10.5. The molecule has 0 unspecified atom stereocenters. The second-order valence-corrected chi connectivity index (χ2v) is 4.99. The molecule has 23 heavy (non-hydrogen) atoms. The van der Waals surface area contributed by atoms with Gasteiger partial charge < -0.3 is 9.47 Å². The molecule has 5 nitrogen and oxygen atoms in total. The van der Waals surface area contributed by atoms with Gasteiger partial charge in [-0.1, -0.05) is 24.3 Å². The zero-order chi connectivity index (χ0) is 16.8. The molecular weight excluding hydrogens is 292 g/mol. The van der Waals surface area contributed by atoms with Crippen LogP contribution in [0.2, 0.25) is 0 Å². The molecule has 0 aromatic heterocycles. The van der Waals surface area contributed by atoms with E-state index in [1.807, 2.05) is 31.2 Å². The monoisotopic (exact) mass is 312 g/mol. The van der Waals surface area contributed by atoms with Crippen LogP contribution in [0.4, 0.5) is 0 Å². The molecule has 0 saturated carbocycles. The second-order valence-electron chi connectivity index (χ2n) is 4.99. The van der Waals surface area contributed by atoms with Crippen LogP contribution in [0, 0.1) is 6.92 Å². The van der Waals surface area contributed by atoms with Gasteiger partial charge >= 0.3 is 0 Å². The molecule has 0 bridgehead atoms. The van der Waals surface area contributed by atoms with E-state index in [1.165, 1.54) is 0 Å². The highest BCUT2D eigenvalue weighted by Crippen LogP contribution is 2.27. The van der Waals surface area contributed by atoms with E-state index in [0.29, 0.717) is 22.8 Å². The maximum Gasteiger partial charge on any atom is 0.269 e. The molecule has 120 valence electrons. The van der Waals surface area contributed by atoms with Crippen LogP contribution in [0.1, 0.15) is 21.5 Å². The average molecular weight is 312 g/mol. The number of rotatable bonds is 6. The van der Waals surface area contributed by atoms with Gasteiger partial charge in [-0.2, -0.15) is 0 Å². The lowest BCUT2D eigenvalue weighted by Gasteiger charge is -2.15. The lowest BCUT2D eigenvalue weighted by atomic mass is 10.1. The summed E-state index contributed by atoms with van der Waals surface area (Å²) in [5.74, 6) is 1.05. The first-order valence-corrected chi connectivity index (χ1v) is 7.09. The number of methoxy groups -OCH3 is 2. The zero-order valence-corrected chi connectivity index (χ0v) is 13.5. The van der Waals surface area contributed by atoms with Crippen molar-refractivity contribution in [1.82, 2.24) is 10.9 Å². The van der Waals surface area contributed by atoms with E-state index in [0.717, 1.165) is 11.1 Å². The highest BCUT2D eigenvalue weighted by Gasteiger charge is 2.10. The number of carbonyl (C=O) groups excluding carboxylic acids is 1. The quantitative estimate of drug-likeness (QED) is 0.805. The van der Waals surface area contributed by atoms with Crippen LogP contribution in [0.15, 0.2) is 49.0 Å². The third-order valence-corrected chi connectivity index (χ3v) is 3.34. The molecule has 2 rings (SSSR count). The molecule has 0 spiro atoms. The highest BCUT2D eigenvalue weighted by atomic mass is 16.5. The van der Waals surface area contributed by atoms with Crippen molar-refractivity contribution in [2.24, 2.45) is 0 Å². The van der Waals surface area contributed by atoms with Crippen molar-refractivity contribution in [2.75, 3.05) is 14.2 Å². The van der Waals surface area contributed by atoms with Gasteiger partial charge in [0.05, 0.1) is 19.9 Å². The van der Waals surface area contributed by atoms with Gasteiger partial charge in [0.15, 0.2) is 0 Å². The highest BCUT2D eigenvalue weighted by molar-refractivity contribution is 5.94. The van der Waals surface area contributed by atoms with E-state index in [4.69, 9.17) is 9.47 Å². The van der Waals surface area contributed by atoms with Crippen molar-refractivity contribution >= 4 is 11.6 Å². The number of ether oxygens (including phenoxy) is 2. The molecule has 2 aromatic rings. The van der Waals surface area contributed by atoms with Gasteiger partial charge in [-0.3, -0.25) is 15.6 Å². The largest absolute Gasteiger partial charge is 0.497 e. The number of hydrazine groups is 1. The van der Waals surface area contributed by atoms with Crippen LogP contribution >= 0.6 is 0 Å². The van der Waals surface area contributed by atoms with Crippen LogP contribution in [0.3, 0.4) is 0 Å². The Morgan fingerprint density at radius 2 is 1.83 bits per heavy atom. The predicted octanol–water partition coefficient (Wildman–Crippen LogP) is 2.92. The molecule has 0 aliphatic heterocycles. The molecule has 2 N–H and O–H groups in total. The maximum atomic E-state index is 12.1. The van der Waals surface area contributed by atoms with E-state index < -0.39 is 0 Å². The Balaban J connectivity index is 2.06. The number of amides is 1. The minimum Gasteiger partial charge on any atom is -0.497 e.